The molecule has 160 valence electrons. The van der Waals surface area contributed by atoms with Gasteiger partial charge in [-0.2, -0.15) is 0 Å². The zero-order valence-corrected chi connectivity index (χ0v) is 18.2. The van der Waals surface area contributed by atoms with Gasteiger partial charge in [0.05, 0.1) is 10.6 Å². The fraction of sp³-hybridized carbons (Fsp3) is 0.208. The number of sulfonamides is 1. The Hall–Kier alpha value is -3.19. The lowest BCUT2D eigenvalue weighted by Crippen LogP contribution is -2.43. The molecule has 31 heavy (non-hydrogen) atoms. The highest BCUT2D eigenvalue weighted by Crippen LogP contribution is 2.45. The van der Waals surface area contributed by atoms with Crippen LogP contribution in [-0.2, 0) is 21.2 Å². The summed E-state index contributed by atoms with van der Waals surface area (Å²) in [5.41, 5.74) is 4.77. The molecule has 1 amide bonds. The van der Waals surface area contributed by atoms with Gasteiger partial charge >= 0.3 is 0 Å². The third kappa shape index (κ3) is 4.05. The molecule has 1 heterocycles. The summed E-state index contributed by atoms with van der Waals surface area (Å²) in [6.45, 7) is 3.87. The number of carbonyl (C=O) groups excluding carboxylic acids is 1. The van der Waals surface area contributed by atoms with Gasteiger partial charge in [-0.3, -0.25) is 9.10 Å². The Labute approximate surface area is 181 Å². The second-order valence-corrected chi connectivity index (χ2v) is 9.54. The molecule has 0 spiro atoms. The van der Waals surface area contributed by atoms with Crippen LogP contribution in [0.2, 0.25) is 0 Å². The molecule has 0 aliphatic carbocycles. The van der Waals surface area contributed by atoms with Crippen molar-refractivity contribution in [1.82, 2.24) is 5.32 Å². The topological polar surface area (TPSA) is 66.5 Å². The van der Waals surface area contributed by atoms with Gasteiger partial charge in [-0.1, -0.05) is 36.4 Å². The van der Waals surface area contributed by atoms with E-state index in [1.165, 1.54) is 16.4 Å². The highest BCUT2D eigenvalue weighted by Gasteiger charge is 2.36. The fourth-order valence-corrected chi connectivity index (χ4v) is 5.62. The van der Waals surface area contributed by atoms with Crippen LogP contribution in [0.15, 0.2) is 65.6 Å². The summed E-state index contributed by atoms with van der Waals surface area (Å²) in [6, 6.07) is 16.8. The van der Waals surface area contributed by atoms with Crippen molar-refractivity contribution in [3.63, 3.8) is 0 Å². The lowest BCUT2D eigenvalue weighted by atomic mass is 9.96. The lowest BCUT2D eigenvalue weighted by molar-refractivity contribution is -0.119. The average molecular weight is 439 g/mol. The number of fused-ring (bicyclic) bond motifs is 3. The fourth-order valence-electron chi connectivity index (χ4n) is 3.99. The van der Waals surface area contributed by atoms with Crippen LogP contribution < -0.4 is 9.62 Å². The van der Waals surface area contributed by atoms with Crippen LogP contribution >= 0.6 is 0 Å². The van der Waals surface area contributed by atoms with Gasteiger partial charge < -0.3 is 5.32 Å². The Bertz CT molecular complexity index is 1250. The molecule has 0 fully saturated rings. The zero-order valence-electron chi connectivity index (χ0n) is 17.4. The van der Waals surface area contributed by atoms with Crippen LogP contribution in [0.1, 0.15) is 16.7 Å². The first-order chi connectivity index (χ1) is 14.8. The quantitative estimate of drug-likeness (QED) is 0.655. The largest absolute Gasteiger partial charge is 0.354 e. The van der Waals surface area contributed by atoms with Crippen LogP contribution in [0.3, 0.4) is 0 Å². The molecule has 7 heteroatoms. The van der Waals surface area contributed by atoms with Gasteiger partial charge in [-0.15, -0.1) is 0 Å². The van der Waals surface area contributed by atoms with Gasteiger partial charge in [0, 0.05) is 17.7 Å². The van der Waals surface area contributed by atoms with Crippen LogP contribution in [0, 0.1) is 19.7 Å². The second-order valence-electron chi connectivity index (χ2n) is 7.71. The van der Waals surface area contributed by atoms with Gasteiger partial charge in [0.1, 0.15) is 12.4 Å². The van der Waals surface area contributed by atoms with E-state index in [1.807, 2.05) is 32.0 Å². The summed E-state index contributed by atoms with van der Waals surface area (Å²) in [6.07, 6.45) is 0.524. The molecule has 1 aliphatic rings. The van der Waals surface area contributed by atoms with Gasteiger partial charge in [-0.25, -0.2) is 12.8 Å². The number of benzene rings is 3. The van der Waals surface area contributed by atoms with E-state index in [2.05, 4.69) is 5.32 Å². The summed E-state index contributed by atoms with van der Waals surface area (Å²) in [5.74, 6) is -0.706. The maximum absolute atomic E-state index is 13.4. The highest BCUT2D eigenvalue weighted by atomic mass is 32.2. The molecule has 0 saturated heterocycles. The SMILES string of the molecule is Cc1cc(C)c2c(c1)N(CC(=O)NCCc1ccc(F)cc1)S(=O)(=O)c1ccccc1-2. The minimum absolute atomic E-state index is 0.202. The van der Waals surface area contributed by atoms with Crippen LogP contribution in [-0.4, -0.2) is 27.4 Å². The van der Waals surface area contributed by atoms with Gasteiger partial charge in [0.25, 0.3) is 10.0 Å². The molecule has 1 aliphatic heterocycles. The first-order valence-electron chi connectivity index (χ1n) is 10.0. The van der Waals surface area contributed by atoms with E-state index in [4.69, 9.17) is 0 Å². The summed E-state index contributed by atoms with van der Waals surface area (Å²) < 4.78 is 40.9. The second kappa shape index (κ2) is 8.15. The smallest absolute Gasteiger partial charge is 0.265 e. The van der Waals surface area contributed by atoms with Crippen molar-refractivity contribution < 1.29 is 17.6 Å². The maximum atomic E-state index is 13.4. The summed E-state index contributed by atoms with van der Waals surface area (Å²) in [5, 5.41) is 2.78. The van der Waals surface area contributed by atoms with E-state index in [1.54, 1.807) is 30.3 Å². The Kier molecular flexibility index (Phi) is 5.54. The minimum Gasteiger partial charge on any atom is -0.354 e. The summed E-state index contributed by atoms with van der Waals surface area (Å²) in [7, 11) is -3.88. The molecule has 0 saturated carbocycles. The van der Waals surface area contributed by atoms with Crippen molar-refractivity contribution in [2.24, 2.45) is 0 Å². The van der Waals surface area contributed by atoms with Crippen LogP contribution in [0.25, 0.3) is 11.1 Å². The minimum atomic E-state index is -3.88. The normalized spacial score (nSPS) is 14.0. The molecule has 3 aromatic rings. The zero-order chi connectivity index (χ0) is 22.2. The molecule has 0 radical (unpaired) electrons. The molecule has 4 rings (SSSR count). The van der Waals surface area contributed by atoms with Crippen molar-refractivity contribution in [2.75, 3.05) is 17.4 Å². The lowest BCUT2D eigenvalue weighted by Gasteiger charge is -2.33. The Morgan fingerprint density at radius 3 is 2.48 bits per heavy atom. The molecular formula is C24H23FN2O3S. The summed E-state index contributed by atoms with van der Waals surface area (Å²) in [4.78, 5) is 12.9. The number of nitrogens with zero attached hydrogens (tertiary/aromatic N) is 1. The molecule has 0 atom stereocenters. The van der Waals surface area contributed by atoms with Crippen molar-refractivity contribution in [3.8, 4) is 11.1 Å². The maximum Gasteiger partial charge on any atom is 0.265 e. The molecule has 0 aromatic heterocycles. The number of rotatable bonds is 5. The number of amides is 1. The van der Waals surface area contributed by atoms with Crippen molar-refractivity contribution in [1.29, 1.82) is 0 Å². The Morgan fingerprint density at radius 1 is 1.03 bits per heavy atom. The number of carbonyl (C=O) groups is 1. The van der Waals surface area contributed by atoms with Gasteiger partial charge in [0.15, 0.2) is 0 Å². The van der Waals surface area contributed by atoms with Crippen LogP contribution in [0.4, 0.5) is 10.1 Å². The molecule has 5 nitrogen and oxygen atoms in total. The predicted octanol–water partition coefficient (Wildman–Crippen LogP) is 3.98. The van der Waals surface area contributed by atoms with E-state index in [0.717, 1.165) is 22.3 Å². The molecule has 0 bridgehead atoms. The van der Waals surface area contributed by atoms with Crippen molar-refractivity contribution in [2.45, 2.75) is 25.2 Å². The van der Waals surface area contributed by atoms with Crippen molar-refractivity contribution in [3.05, 3.63) is 83.2 Å². The monoisotopic (exact) mass is 438 g/mol. The average Bonchev–Trinajstić information content (AvgIpc) is 2.72. The number of nitrogens with one attached hydrogen (secondary N) is 1. The number of hydrogen-bond donors (Lipinski definition) is 1. The number of aryl methyl sites for hydroxylation is 2. The predicted molar refractivity (Wildman–Crippen MR) is 119 cm³/mol. The Balaban J connectivity index is 1.59. The van der Waals surface area contributed by atoms with E-state index < -0.39 is 15.9 Å². The third-order valence-electron chi connectivity index (χ3n) is 5.39. The first kappa shape index (κ1) is 21.1. The highest BCUT2D eigenvalue weighted by molar-refractivity contribution is 7.93. The first-order valence-corrected chi connectivity index (χ1v) is 11.5. The van der Waals surface area contributed by atoms with Crippen LogP contribution in [0.5, 0.6) is 0 Å². The third-order valence-corrected chi connectivity index (χ3v) is 7.21. The Morgan fingerprint density at radius 2 is 1.74 bits per heavy atom. The molecule has 0 unspecified atom stereocenters. The van der Waals surface area contributed by atoms with E-state index >= 15 is 0 Å². The molecule has 1 N–H and O–H groups in total. The van der Waals surface area contributed by atoms with E-state index in [0.29, 0.717) is 24.2 Å². The number of halogens is 1. The number of anilines is 1. The van der Waals surface area contributed by atoms with E-state index in [-0.39, 0.29) is 17.3 Å². The molecular weight excluding hydrogens is 415 g/mol. The molecule has 3 aromatic carbocycles. The van der Waals surface area contributed by atoms with Crippen molar-refractivity contribution >= 4 is 21.6 Å². The number of hydrogen-bond acceptors (Lipinski definition) is 3. The summed E-state index contributed by atoms with van der Waals surface area (Å²) >= 11 is 0. The standard InChI is InChI=1S/C24H23FN2O3S/c1-16-13-17(2)24-20-5-3-4-6-22(20)31(29,30)27(21(24)14-16)15-23(28)26-12-11-18-7-9-19(25)10-8-18/h3-10,13-14H,11-12,15H2,1-2H3,(H,26,28). The van der Waals surface area contributed by atoms with Gasteiger partial charge in [-0.05, 0) is 61.2 Å². The van der Waals surface area contributed by atoms with E-state index in [9.17, 15) is 17.6 Å². The van der Waals surface area contributed by atoms with Gasteiger partial charge in [0.2, 0.25) is 5.91 Å².